The number of rotatable bonds is 2. The van der Waals surface area contributed by atoms with Crippen LogP contribution in [0.1, 0.15) is 32.9 Å². The summed E-state index contributed by atoms with van der Waals surface area (Å²) >= 11 is 0. The third kappa shape index (κ3) is 3.05. The van der Waals surface area contributed by atoms with Crippen LogP contribution in [0.2, 0.25) is 0 Å². The predicted octanol–water partition coefficient (Wildman–Crippen LogP) is 0.372. The van der Waals surface area contributed by atoms with E-state index < -0.39 is 23.3 Å². The molecule has 2 N–H and O–H groups in total. The lowest BCUT2D eigenvalue weighted by molar-refractivity contribution is -0.0250. The van der Waals surface area contributed by atoms with Crippen LogP contribution >= 0.6 is 0 Å². The number of hydrogen-bond acceptors (Lipinski definition) is 4. The van der Waals surface area contributed by atoms with Gasteiger partial charge >= 0.3 is 5.69 Å². The summed E-state index contributed by atoms with van der Waals surface area (Å²) in [6.07, 6.45) is 0.944. The summed E-state index contributed by atoms with van der Waals surface area (Å²) in [6.45, 7) is 3.86. The van der Waals surface area contributed by atoms with Gasteiger partial charge in [0.05, 0.1) is 18.9 Å². The van der Waals surface area contributed by atoms with Crippen LogP contribution in [0, 0.1) is 5.82 Å². The molecule has 0 aliphatic carbocycles. The minimum Gasteiger partial charge on any atom is -0.394 e. The van der Waals surface area contributed by atoms with E-state index in [1.54, 1.807) is 0 Å². The van der Waals surface area contributed by atoms with Crippen molar-refractivity contribution in [3.8, 4) is 0 Å². The smallest absolute Gasteiger partial charge is 0.330 e. The molecule has 1 saturated heterocycles. The SMILES string of the molecule is CC.O=c1[nH]c(=O)n(C2CCC(CO)O2)cc1F. The largest absolute Gasteiger partial charge is 0.394 e. The summed E-state index contributed by atoms with van der Waals surface area (Å²) < 4.78 is 19.3. The zero-order chi connectivity index (χ0) is 13.7. The van der Waals surface area contributed by atoms with Crippen LogP contribution in [0.5, 0.6) is 0 Å². The fraction of sp³-hybridized carbons (Fsp3) is 0.636. The standard InChI is InChI=1S/C9H11FN2O4.C2H6/c10-6-3-12(9(15)11-8(6)14)7-2-1-5(4-13)16-7;1-2/h3,5,7,13H,1-2,4H2,(H,11,14,15);1-2H3. The average Bonchev–Trinajstić information content (AvgIpc) is 2.85. The maximum absolute atomic E-state index is 13.0. The van der Waals surface area contributed by atoms with Gasteiger partial charge in [-0.2, -0.15) is 4.39 Å². The molecule has 2 heterocycles. The molecule has 7 heteroatoms. The highest BCUT2D eigenvalue weighted by Crippen LogP contribution is 2.26. The molecule has 1 aliphatic heterocycles. The van der Waals surface area contributed by atoms with E-state index in [0.29, 0.717) is 12.8 Å². The third-order valence-corrected chi connectivity index (χ3v) is 2.52. The summed E-state index contributed by atoms with van der Waals surface area (Å²) in [5.41, 5.74) is -1.76. The Balaban J connectivity index is 0.000000771. The maximum Gasteiger partial charge on any atom is 0.330 e. The van der Waals surface area contributed by atoms with Gasteiger partial charge in [0.2, 0.25) is 5.82 Å². The molecule has 0 amide bonds. The Kier molecular flexibility index (Phi) is 5.24. The van der Waals surface area contributed by atoms with Crippen molar-refractivity contribution >= 4 is 0 Å². The van der Waals surface area contributed by atoms with Crippen molar-refractivity contribution in [1.29, 1.82) is 0 Å². The first-order valence-electron chi connectivity index (χ1n) is 5.89. The Labute approximate surface area is 103 Å². The number of nitrogens with zero attached hydrogens (tertiary/aromatic N) is 1. The van der Waals surface area contributed by atoms with E-state index in [4.69, 9.17) is 9.84 Å². The number of H-pyrrole nitrogens is 1. The number of hydrogen-bond donors (Lipinski definition) is 2. The van der Waals surface area contributed by atoms with Gasteiger partial charge in [-0.15, -0.1) is 0 Å². The monoisotopic (exact) mass is 260 g/mol. The van der Waals surface area contributed by atoms with E-state index in [9.17, 15) is 14.0 Å². The van der Waals surface area contributed by atoms with Crippen LogP contribution < -0.4 is 11.2 Å². The molecule has 1 aromatic heterocycles. The Morgan fingerprint density at radius 2 is 2.17 bits per heavy atom. The first-order valence-corrected chi connectivity index (χ1v) is 5.89. The van der Waals surface area contributed by atoms with E-state index in [2.05, 4.69) is 0 Å². The summed E-state index contributed by atoms with van der Waals surface area (Å²) in [5, 5.41) is 8.85. The van der Waals surface area contributed by atoms with Gasteiger partial charge < -0.3 is 9.84 Å². The highest BCUT2D eigenvalue weighted by molar-refractivity contribution is 4.89. The van der Waals surface area contributed by atoms with Crippen molar-refractivity contribution in [2.45, 2.75) is 39.0 Å². The first kappa shape index (κ1) is 14.6. The molecule has 2 rings (SSSR count). The van der Waals surface area contributed by atoms with Gasteiger partial charge in [0, 0.05) is 0 Å². The maximum atomic E-state index is 13.0. The molecule has 1 fully saturated rings. The molecule has 18 heavy (non-hydrogen) atoms. The van der Waals surface area contributed by atoms with Crippen molar-refractivity contribution in [3.05, 3.63) is 32.9 Å². The summed E-state index contributed by atoms with van der Waals surface area (Å²) in [4.78, 5) is 24.0. The fourth-order valence-corrected chi connectivity index (χ4v) is 1.70. The van der Waals surface area contributed by atoms with Gasteiger partial charge in [0.1, 0.15) is 6.23 Å². The van der Waals surface area contributed by atoms with E-state index in [1.807, 2.05) is 18.8 Å². The summed E-state index contributed by atoms with van der Waals surface area (Å²) in [7, 11) is 0. The summed E-state index contributed by atoms with van der Waals surface area (Å²) in [6, 6.07) is 0. The lowest BCUT2D eigenvalue weighted by atomic mass is 10.2. The molecule has 0 bridgehead atoms. The van der Waals surface area contributed by atoms with Crippen LogP contribution in [0.25, 0.3) is 0 Å². The predicted molar refractivity (Wildman–Crippen MR) is 62.9 cm³/mol. The van der Waals surface area contributed by atoms with Gasteiger partial charge in [0.15, 0.2) is 0 Å². The quantitative estimate of drug-likeness (QED) is 0.804. The number of aromatic amines is 1. The summed E-state index contributed by atoms with van der Waals surface area (Å²) in [5.74, 6) is -1.03. The molecular formula is C11H17FN2O4. The van der Waals surface area contributed by atoms with E-state index in [-0.39, 0.29) is 12.7 Å². The zero-order valence-corrected chi connectivity index (χ0v) is 10.4. The number of aromatic nitrogens is 2. The third-order valence-electron chi connectivity index (χ3n) is 2.52. The van der Waals surface area contributed by atoms with Crippen LogP contribution in [-0.2, 0) is 4.74 Å². The zero-order valence-electron chi connectivity index (χ0n) is 10.4. The Morgan fingerprint density at radius 3 is 2.72 bits per heavy atom. The van der Waals surface area contributed by atoms with Gasteiger partial charge in [-0.1, -0.05) is 13.8 Å². The molecule has 2 unspecified atom stereocenters. The second kappa shape index (κ2) is 6.46. The van der Waals surface area contributed by atoms with Crippen LogP contribution in [-0.4, -0.2) is 27.4 Å². The number of aliphatic hydroxyl groups excluding tert-OH is 1. The Bertz CT molecular complexity index is 497. The van der Waals surface area contributed by atoms with E-state index in [1.165, 1.54) is 0 Å². The van der Waals surface area contributed by atoms with Gasteiger partial charge in [-0.3, -0.25) is 14.3 Å². The molecular weight excluding hydrogens is 243 g/mol. The molecule has 1 aromatic rings. The second-order valence-corrected chi connectivity index (χ2v) is 3.62. The fourth-order valence-electron chi connectivity index (χ4n) is 1.70. The highest BCUT2D eigenvalue weighted by atomic mass is 19.1. The average molecular weight is 260 g/mol. The van der Waals surface area contributed by atoms with Crippen molar-refractivity contribution in [2.24, 2.45) is 0 Å². The second-order valence-electron chi connectivity index (χ2n) is 3.62. The lowest BCUT2D eigenvalue weighted by Crippen LogP contribution is -2.34. The number of ether oxygens (including phenoxy) is 1. The van der Waals surface area contributed by atoms with E-state index >= 15 is 0 Å². The van der Waals surface area contributed by atoms with Crippen LogP contribution in [0.15, 0.2) is 15.8 Å². The molecule has 0 saturated carbocycles. The molecule has 102 valence electrons. The van der Waals surface area contributed by atoms with Gasteiger partial charge in [0.25, 0.3) is 5.56 Å². The molecule has 2 atom stereocenters. The Hall–Kier alpha value is -1.47. The van der Waals surface area contributed by atoms with Gasteiger partial charge in [-0.25, -0.2) is 4.79 Å². The topological polar surface area (TPSA) is 84.3 Å². The molecule has 1 aliphatic rings. The highest BCUT2D eigenvalue weighted by Gasteiger charge is 2.27. The van der Waals surface area contributed by atoms with E-state index in [0.717, 1.165) is 10.8 Å². The number of aliphatic hydroxyl groups is 1. The van der Waals surface area contributed by atoms with Gasteiger partial charge in [-0.05, 0) is 12.8 Å². The molecule has 6 nitrogen and oxygen atoms in total. The molecule has 0 aromatic carbocycles. The van der Waals surface area contributed by atoms with Crippen LogP contribution in [0.4, 0.5) is 4.39 Å². The minimum atomic E-state index is -1.04. The molecule has 0 spiro atoms. The Morgan fingerprint density at radius 1 is 1.50 bits per heavy atom. The lowest BCUT2D eigenvalue weighted by Gasteiger charge is -2.14. The van der Waals surface area contributed by atoms with Crippen molar-refractivity contribution < 1.29 is 14.2 Å². The molecule has 0 radical (unpaired) electrons. The minimum absolute atomic E-state index is 0.142. The van der Waals surface area contributed by atoms with Crippen LogP contribution in [0.3, 0.4) is 0 Å². The van der Waals surface area contributed by atoms with Crippen molar-refractivity contribution in [1.82, 2.24) is 9.55 Å². The number of nitrogens with one attached hydrogen (secondary N) is 1. The van der Waals surface area contributed by atoms with Crippen molar-refractivity contribution in [2.75, 3.05) is 6.61 Å². The van der Waals surface area contributed by atoms with Crippen molar-refractivity contribution in [3.63, 3.8) is 0 Å². The normalized spacial score (nSPS) is 22.4. The number of halogens is 1. The first-order chi connectivity index (χ1) is 8.61.